The fraction of sp³-hybridized carbons (Fsp3) is 0.625. The zero-order valence-electron chi connectivity index (χ0n) is 13.3. The van der Waals surface area contributed by atoms with Gasteiger partial charge >= 0.3 is 0 Å². The predicted octanol–water partition coefficient (Wildman–Crippen LogP) is 4.56. The maximum Gasteiger partial charge on any atom is 0.169 e. The lowest BCUT2D eigenvalue weighted by Gasteiger charge is -2.24. The second-order valence-corrected chi connectivity index (χ2v) is 6.75. The number of rotatable bonds is 7. The highest BCUT2D eigenvalue weighted by molar-refractivity contribution is 7.99. The smallest absolute Gasteiger partial charge is 0.169 e. The molecule has 0 spiro atoms. The van der Waals surface area contributed by atoms with E-state index in [1.54, 1.807) is 20.3 Å². The number of methoxy groups -OCH3 is 2. The minimum absolute atomic E-state index is 0.212. The lowest BCUT2D eigenvalue weighted by molar-refractivity contribution is 0.343. The van der Waals surface area contributed by atoms with E-state index in [0.29, 0.717) is 23.2 Å². The first-order valence-electron chi connectivity index (χ1n) is 7.02. The van der Waals surface area contributed by atoms with Crippen LogP contribution in [0.3, 0.4) is 0 Å². The fourth-order valence-electron chi connectivity index (χ4n) is 2.43. The maximum atomic E-state index is 10.4. The molecule has 3 nitrogen and oxygen atoms in total. The van der Waals surface area contributed by atoms with Gasteiger partial charge < -0.3 is 14.6 Å². The summed E-state index contributed by atoms with van der Waals surface area (Å²) in [6.45, 7) is 8.43. The zero-order chi connectivity index (χ0) is 15.3. The van der Waals surface area contributed by atoms with Crippen LogP contribution in [0.2, 0.25) is 0 Å². The highest BCUT2D eigenvalue weighted by atomic mass is 32.2. The molecule has 0 aliphatic heterocycles. The summed E-state index contributed by atoms with van der Waals surface area (Å²) in [4.78, 5) is 0. The third kappa shape index (κ3) is 3.75. The molecule has 1 atom stereocenters. The van der Waals surface area contributed by atoms with Gasteiger partial charge in [-0.1, -0.05) is 20.8 Å². The second-order valence-electron chi connectivity index (χ2n) is 5.27. The first-order valence-corrected chi connectivity index (χ1v) is 8.07. The minimum Gasteiger partial charge on any atom is -0.507 e. The summed E-state index contributed by atoms with van der Waals surface area (Å²) in [5.74, 6) is 3.22. The molecule has 0 aromatic heterocycles. The van der Waals surface area contributed by atoms with Crippen molar-refractivity contribution in [1.29, 1.82) is 0 Å². The van der Waals surface area contributed by atoms with Gasteiger partial charge in [0.25, 0.3) is 0 Å². The lowest BCUT2D eigenvalue weighted by Crippen LogP contribution is -2.05. The zero-order valence-corrected chi connectivity index (χ0v) is 14.1. The van der Waals surface area contributed by atoms with Crippen molar-refractivity contribution in [2.24, 2.45) is 5.92 Å². The van der Waals surface area contributed by atoms with Gasteiger partial charge in [-0.2, -0.15) is 11.8 Å². The average Bonchev–Trinajstić information content (AvgIpc) is 2.36. The highest BCUT2D eigenvalue weighted by Gasteiger charge is 2.25. The molecular formula is C16H26O3S. The van der Waals surface area contributed by atoms with Gasteiger partial charge in [0, 0.05) is 5.25 Å². The van der Waals surface area contributed by atoms with Crippen molar-refractivity contribution < 1.29 is 14.6 Å². The van der Waals surface area contributed by atoms with Crippen LogP contribution >= 0.6 is 11.8 Å². The normalized spacial score (nSPS) is 12.6. The van der Waals surface area contributed by atoms with Crippen LogP contribution in [0.1, 0.15) is 43.6 Å². The Kier molecular flexibility index (Phi) is 6.53. The molecule has 4 heteroatoms. The minimum atomic E-state index is 0.212. The van der Waals surface area contributed by atoms with Crippen LogP contribution in [0.15, 0.2) is 6.07 Å². The topological polar surface area (TPSA) is 38.7 Å². The van der Waals surface area contributed by atoms with E-state index in [-0.39, 0.29) is 5.25 Å². The Morgan fingerprint density at radius 1 is 1.20 bits per heavy atom. The molecule has 0 saturated carbocycles. The Morgan fingerprint density at radius 2 is 1.80 bits per heavy atom. The quantitative estimate of drug-likeness (QED) is 0.801. The van der Waals surface area contributed by atoms with E-state index in [1.165, 1.54) is 0 Å². The molecule has 1 aromatic carbocycles. The van der Waals surface area contributed by atoms with Gasteiger partial charge in [0.2, 0.25) is 0 Å². The molecule has 0 fully saturated rings. The molecule has 20 heavy (non-hydrogen) atoms. The predicted molar refractivity (Wildman–Crippen MR) is 86.3 cm³/mol. The van der Waals surface area contributed by atoms with E-state index in [0.717, 1.165) is 23.3 Å². The van der Waals surface area contributed by atoms with Crippen LogP contribution in [0.4, 0.5) is 0 Å². The molecule has 1 aromatic rings. The summed E-state index contributed by atoms with van der Waals surface area (Å²) in [7, 11) is 3.26. The lowest BCUT2D eigenvalue weighted by atomic mass is 9.98. The van der Waals surface area contributed by atoms with E-state index < -0.39 is 0 Å². The number of benzene rings is 1. The monoisotopic (exact) mass is 298 g/mol. The fourth-order valence-corrected chi connectivity index (χ4v) is 3.75. The summed E-state index contributed by atoms with van der Waals surface area (Å²) >= 11 is 1.83. The number of aryl methyl sites for hydroxylation is 1. The molecule has 0 amide bonds. The van der Waals surface area contributed by atoms with E-state index in [4.69, 9.17) is 9.47 Å². The maximum absolute atomic E-state index is 10.4. The summed E-state index contributed by atoms with van der Waals surface area (Å²) < 4.78 is 11.0. The van der Waals surface area contributed by atoms with Crippen molar-refractivity contribution in [2.75, 3.05) is 20.0 Å². The average molecular weight is 298 g/mol. The Hall–Kier alpha value is -1.03. The largest absolute Gasteiger partial charge is 0.507 e. The van der Waals surface area contributed by atoms with Gasteiger partial charge in [-0.15, -0.1) is 0 Å². The van der Waals surface area contributed by atoms with E-state index in [9.17, 15) is 5.11 Å². The number of hydrogen-bond acceptors (Lipinski definition) is 4. The number of thioether (sulfide) groups is 1. The van der Waals surface area contributed by atoms with E-state index in [1.807, 2.05) is 18.7 Å². The van der Waals surface area contributed by atoms with E-state index >= 15 is 0 Å². The highest BCUT2D eigenvalue weighted by Crippen LogP contribution is 2.49. The summed E-state index contributed by atoms with van der Waals surface area (Å²) in [6, 6.07) is 1.76. The number of phenolic OH excluding ortho intramolecular Hbond substituents is 1. The number of hydrogen-bond donors (Lipinski definition) is 1. The van der Waals surface area contributed by atoms with Crippen LogP contribution < -0.4 is 9.47 Å². The molecule has 1 N–H and O–H groups in total. The summed E-state index contributed by atoms with van der Waals surface area (Å²) in [6.07, 6.45) is 0.995. The van der Waals surface area contributed by atoms with Gasteiger partial charge in [-0.25, -0.2) is 0 Å². The van der Waals surface area contributed by atoms with Crippen molar-refractivity contribution in [3.8, 4) is 17.2 Å². The molecular weight excluding hydrogens is 272 g/mol. The Labute approximate surface area is 126 Å². The molecule has 114 valence electrons. The van der Waals surface area contributed by atoms with Gasteiger partial charge in [0.05, 0.1) is 19.8 Å². The number of aromatic hydroxyl groups is 1. The van der Waals surface area contributed by atoms with Crippen LogP contribution in [0.25, 0.3) is 0 Å². The van der Waals surface area contributed by atoms with E-state index in [2.05, 4.69) is 20.8 Å². The summed E-state index contributed by atoms with van der Waals surface area (Å²) in [5.41, 5.74) is 1.74. The van der Waals surface area contributed by atoms with Crippen molar-refractivity contribution >= 4 is 11.8 Å². The van der Waals surface area contributed by atoms with Gasteiger partial charge in [0.15, 0.2) is 11.5 Å². The molecule has 0 aliphatic carbocycles. The van der Waals surface area contributed by atoms with Crippen molar-refractivity contribution in [2.45, 2.75) is 39.4 Å². The van der Waals surface area contributed by atoms with Gasteiger partial charge in [-0.05, 0) is 36.6 Å². The molecule has 0 bridgehead atoms. The van der Waals surface area contributed by atoms with Crippen molar-refractivity contribution in [1.82, 2.24) is 0 Å². The Balaban J connectivity index is 3.38. The van der Waals surface area contributed by atoms with Crippen LogP contribution in [0.5, 0.6) is 17.2 Å². The Bertz CT molecular complexity index is 444. The third-order valence-electron chi connectivity index (χ3n) is 3.22. The molecule has 0 saturated heterocycles. The van der Waals surface area contributed by atoms with Crippen molar-refractivity contribution in [3.05, 3.63) is 17.2 Å². The Morgan fingerprint density at radius 3 is 2.25 bits per heavy atom. The molecule has 0 radical (unpaired) electrons. The van der Waals surface area contributed by atoms with Crippen molar-refractivity contribution in [3.63, 3.8) is 0 Å². The summed E-state index contributed by atoms with van der Waals surface area (Å²) in [5, 5.41) is 10.6. The SMILES string of the molecule is CCSC(CC(C)C)c1c(O)cc(C)c(OC)c1OC. The standard InChI is InChI=1S/C16H26O3S/c1-7-20-13(8-10(2)3)14-12(17)9-11(4)15(18-5)16(14)19-6/h9-10,13,17H,7-8H2,1-6H3. The van der Waals surface area contributed by atoms with Crippen LogP contribution in [-0.4, -0.2) is 25.1 Å². The third-order valence-corrected chi connectivity index (χ3v) is 4.39. The molecule has 1 rings (SSSR count). The van der Waals surface area contributed by atoms with Crippen LogP contribution in [0, 0.1) is 12.8 Å². The second kappa shape index (κ2) is 7.67. The van der Waals surface area contributed by atoms with Gasteiger partial charge in [-0.3, -0.25) is 0 Å². The van der Waals surface area contributed by atoms with Crippen LogP contribution in [-0.2, 0) is 0 Å². The van der Waals surface area contributed by atoms with Gasteiger partial charge in [0.1, 0.15) is 5.75 Å². The number of ether oxygens (including phenoxy) is 2. The molecule has 1 unspecified atom stereocenters. The number of phenols is 1. The molecule has 0 aliphatic rings. The first kappa shape index (κ1) is 17.0. The first-order chi connectivity index (χ1) is 9.46. The molecule has 0 heterocycles.